The summed E-state index contributed by atoms with van der Waals surface area (Å²) < 4.78 is 6.69. The van der Waals surface area contributed by atoms with Crippen LogP contribution >= 0.6 is 0 Å². The number of aromatic nitrogens is 2. The number of benzene rings is 1. The first kappa shape index (κ1) is 12.8. The normalized spacial score (nSPS) is 10.0. The first-order chi connectivity index (χ1) is 9.04. The van der Waals surface area contributed by atoms with E-state index in [1.165, 1.54) is 17.8 Å². The van der Waals surface area contributed by atoms with Crippen molar-refractivity contribution in [3.05, 3.63) is 42.2 Å². The van der Waals surface area contributed by atoms with Gasteiger partial charge in [0.1, 0.15) is 5.75 Å². The molecule has 1 aromatic heterocycles. The number of carbonyl (C=O) groups excluding carboxylic acids is 2. The van der Waals surface area contributed by atoms with Crippen LogP contribution in [-0.4, -0.2) is 21.7 Å². The third-order valence-corrected chi connectivity index (χ3v) is 2.33. The van der Waals surface area contributed by atoms with Gasteiger partial charge in [0.15, 0.2) is 0 Å². The van der Waals surface area contributed by atoms with Crippen molar-refractivity contribution < 1.29 is 14.3 Å². The molecule has 6 nitrogen and oxygen atoms in total. The lowest BCUT2D eigenvalue weighted by molar-refractivity contribution is -0.114. The predicted molar refractivity (Wildman–Crippen MR) is 68.9 cm³/mol. The monoisotopic (exact) mass is 259 g/mol. The first-order valence-electron chi connectivity index (χ1n) is 5.63. The van der Waals surface area contributed by atoms with Crippen LogP contribution in [0, 0.1) is 0 Å². The van der Waals surface area contributed by atoms with Crippen LogP contribution in [-0.2, 0) is 11.8 Å². The maximum absolute atomic E-state index is 11.7. The van der Waals surface area contributed by atoms with Gasteiger partial charge in [-0.1, -0.05) is 0 Å². The van der Waals surface area contributed by atoms with E-state index in [-0.39, 0.29) is 5.91 Å². The smallest absolute Gasteiger partial charge is 0.346 e. The van der Waals surface area contributed by atoms with Gasteiger partial charge in [0.05, 0.1) is 11.8 Å². The second kappa shape index (κ2) is 5.34. The molecule has 0 fully saturated rings. The van der Waals surface area contributed by atoms with Gasteiger partial charge in [0.2, 0.25) is 5.91 Å². The summed E-state index contributed by atoms with van der Waals surface area (Å²) in [6.45, 7) is 1.43. The summed E-state index contributed by atoms with van der Waals surface area (Å²) >= 11 is 0. The standard InChI is InChI=1S/C13H13N3O3/c1-9(17)15-11-3-5-12(6-4-11)19-13(18)10-7-14-16(2)8-10/h3-8H,1-2H3,(H,15,17). The fourth-order valence-electron chi connectivity index (χ4n) is 1.50. The van der Waals surface area contributed by atoms with Gasteiger partial charge in [-0.15, -0.1) is 0 Å². The van der Waals surface area contributed by atoms with Crippen molar-refractivity contribution in [2.24, 2.45) is 7.05 Å². The van der Waals surface area contributed by atoms with Crippen molar-refractivity contribution in [3.63, 3.8) is 0 Å². The van der Waals surface area contributed by atoms with Gasteiger partial charge in [-0.3, -0.25) is 9.48 Å². The highest BCUT2D eigenvalue weighted by Gasteiger charge is 2.10. The molecule has 0 aliphatic carbocycles. The van der Waals surface area contributed by atoms with E-state index in [4.69, 9.17) is 4.74 Å². The summed E-state index contributed by atoms with van der Waals surface area (Å²) in [7, 11) is 1.72. The Balaban J connectivity index is 2.03. The van der Waals surface area contributed by atoms with Crippen LogP contribution in [0.25, 0.3) is 0 Å². The Bertz CT molecular complexity index is 602. The summed E-state index contributed by atoms with van der Waals surface area (Å²) in [6.07, 6.45) is 3.02. The van der Waals surface area contributed by atoms with E-state index in [0.717, 1.165) is 0 Å². The van der Waals surface area contributed by atoms with Gasteiger partial charge in [-0.05, 0) is 24.3 Å². The maximum atomic E-state index is 11.7. The highest BCUT2D eigenvalue weighted by Crippen LogP contribution is 2.16. The second-order valence-corrected chi connectivity index (χ2v) is 4.00. The van der Waals surface area contributed by atoms with Crippen LogP contribution in [0.15, 0.2) is 36.7 Å². The van der Waals surface area contributed by atoms with Crippen LogP contribution in [0.1, 0.15) is 17.3 Å². The van der Waals surface area contributed by atoms with Gasteiger partial charge in [-0.2, -0.15) is 5.10 Å². The SMILES string of the molecule is CC(=O)Nc1ccc(OC(=O)c2cnn(C)c2)cc1. The Kier molecular flexibility index (Phi) is 3.61. The largest absolute Gasteiger partial charge is 0.423 e. The number of anilines is 1. The van der Waals surface area contributed by atoms with Crippen molar-refractivity contribution in [1.29, 1.82) is 0 Å². The van der Waals surface area contributed by atoms with E-state index in [1.54, 1.807) is 37.5 Å². The molecular weight excluding hydrogens is 246 g/mol. The van der Waals surface area contributed by atoms with Gasteiger partial charge in [0.25, 0.3) is 0 Å². The zero-order chi connectivity index (χ0) is 13.8. The summed E-state index contributed by atoms with van der Waals surface area (Å²) in [4.78, 5) is 22.6. The Morgan fingerprint density at radius 3 is 2.47 bits per heavy atom. The highest BCUT2D eigenvalue weighted by atomic mass is 16.5. The summed E-state index contributed by atoms with van der Waals surface area (Å²) in [5.74, 6) is -0.219. The number of esters is 1. The molecule has 0 saturated heterocycles. The van der Waals surface area contributed by atoms with Crippen molar-refractivity contribution in [3.8, 4) is 5.75 Å². The lowest BCUT2D eigenvalue weighted by Crippen LogP contribution is -2.08. The molecule has 98 valence electrons. The van der Waals surface area contributed by atoms with Gasteiger partial charge >= 0.3 is 5.97 Å². The number of rotatable bonds is 3. The molecule has 0 aliphatic rings. The Morgan fingerprint density at radius 1 is 1.26 bits per heavy atom. The zero-order valence-corrected chi connectivity index (χ0v) is 10.6. The maximum Gasteiger partial charge on any atom is 0.346 e. The number of nitrogens with zero attached hydrogens (tertiary/aromatic N) is 2. The number of hydrogen-bond acceptors (Lipinski definition) is 4. The number of ether oxygens (including phenoxy) is 1. The second-order valence-electron chi connectivity index (χ2n) is 4.00. The zero-order valence-electron chi connectivity index (χ0n) is 10.6. The number of amides is 1. The third kappa shape index (κ3) is 3.41. The molecule has 0 bridgehead atoms. The minimum Gasteiger partial charge on any atom is -0.423 e. The van der Waals surface area contributed by atoms with Gasteiger partial charge in [0, 0.05) is 25.9 Å². The fraction of sp³-hybridized carbons (Fsp3) is 0.154. The van der Waals surface area contributed by atoms with E-state index in [2.05, 4.69) is 10.4 Å². The lowest BCUT2D eigenvalue weighted by atomic mass is 10.3. The lowest BCUT2D eigenvalue weighted by Gasteiger charge is -2.05. The van der Waals surface area contributed by atoms with E-state index < -0.39 is 5.97 Å². The van der Waals surface area contributed by atoms with Crippen molar-refractivity contribution >= 4 is 17.6 Å². The topological polar surface area (TPSA) is 73.2 Å². The van der Waals surface area contributed by atoms with Crippen LogP contribution in [0.4, 0.5) is 5.69 Å². The molecule has 0 atom stereocenters. The van der Waals surface area contributed by atoms with E-state index >= 15 is 0 Å². The molecule has 0 spiro atoms. The minimum absolute atomic E-state index is 0.153. The number of aryl methyl sites for hydroxylation is 1. The molecule has 1 aromatic carbocycles. The minimum atomic E-state index is -0.472. The van der Waals surface area contributed by atoms with Crippen LogP contribution < -0.4 is 10.1 Å². The molecular formula is C13H13N3O3. The Labute approximate surface area is 110 Å². The van der Waals surface area contributed by atoms with Crippen LogP contribution in [0.3, 0.4) is 0 Å². The van der Waals surface area contributed by atoms with Crippen molar-refractivity contribution in [2.45, 2.75) is 6.92 Å². The molecule has 0 saturated carbocycles. The molecule has 1 N–H and O–H groups in total. The quantitative estimate of drug-likeness (QED) is 0.671. The van der Waals surface area contributed by atoms with Gasteiger partial charge < -0.3 is 10.1 Å². The molecule has 6 heteroatoms. The van der Waals surface area contributed by atoms with Crippen molar-refractivity contribution in [2.75, 3.05) is 5.32 Å². The van der Waals surface area contributed by atoms with Crippen molar-refractivity contribution in [1.82, 2.24) is 9.78 Å². The molecule has 19 heavy (non-hydrogen) atoms. The number of carbonyl (C=O) groups is 2. The number of nitrogens with one attached hydrogen (secondary N) is 1. The summed E-state index contributed by atoms with van der Waals surface area (Å²) in [6, 6.07) is 6.54. The Morgan fingerprint density at radius 2 is 1.95 bits per heavy atom. The third-order valence-electron chi connectivity index (χ3n) is 2.33. The average Bonchev–Trinajstić information content (AvgIpc) is 2.78. The van der Waals surface area contributed by atoms with E-state index in [9.17, 15) is 9.59 Å². The molecule has 0 aliphatic heterocycles. The van der Waals surface area contributed by atoms with Gasteiger partial charge in [-0.25, -0.2) is 4.79 Å². The van der Waals surface area contributed by atoms with Crippen LogP contribution in [0.2, 0.25) is 0 Å². The molecule has 0 unspecified atom stereocenters. The number of hydrogen-bond donors (Lipinski definition) is 1. The highest BCUT2D eigenvalue weighted by molar-refractivity contribution is 5.91. The molecule has 2 aromatic rings. The van der Waals surface area contributed by atoms with E-state index in [1.807, 2.05) is 0 Å². The fourth-order valence-corrected chi connectivity index (χ4v) is 1.50. The Hall–Kier alpha value is -2.63. The molecule has 1 amide bonds. The molecule has 0 radical (unpaired) electrons. The molecule has 2 rings (SSSR count). The summed E-state index contributed by atoms with van der Waals surface area (Å²) in [5.41, 5.74) is 1.03. The predicted octanol–water partition coefficient (Wildman–Crippen LogP) is 1.60. The van der Waals surface area contributed by atoms with Crippen LogP contribution in [0.5, 0.6) is 5.75 Å². The van der Waals surface area contributed by atoms with E-state index in [0.29, 0.717) is 17.0 Å². The molecule has 1 heterocycles. The average molecular weight is 259 g/mol. The summed E-state index contributed by atoms with van der Waals surface area (Å²) in [5, 5.41) is 6.52. The first-order valence-corrected chi connectivity index (χ1v) is 5.63.